The predicted octanol–water partition coefficient (Wildman–Crippen LogP) is 4.62. The Labute approximate surface area is 348 Å². The fraction of sp³-hybridized carbons (Fsp3) is 0.778. The van der Waals surface area contributed by atoms with E-state index in [1.54, 1.807) is 0 Å². The quantitative estimate of drug-likeness (QED) is 0.0929. The molecule has 1 aliphatic carbocycles. The van der Waals surface area contributed by atoms with E-state index < -0.39 is 0 Å². The van der Waals surface area contributed by atoms with Gasteiger partial charge in [0.25, 0.3) is 0 Å². The van der Waals surface area contributed by atoms with E-state index in [0.717, 1.165) is 114 Å². The van der Waals surface area contributed by atoms with E-state index in [1.165, 1.54) is 36.8 Å². The zero-order valence-electron chi connectivity index (χ0n) is 38.0. The zero-order chi connectivity index (χ0) is 41.5. The van der Waals surface area contributed by atoms with Gasteiger partial charge in [-0.2, -0.15) is 0 Å². The average Bonchev–Trinajstić information content (AvgIpc) is 3.40. The lowest BCUT2D eigenvalue weighted by atomic mass is 9.73. The molecule has 0 spiro atoms. The number of fused-ring (bicyclic) bond motifs is 3. The average molecular weight is 799 g/mol. The van der Waals surface area contributed by atoms with E-state index >= 15 is 0 Å². The number of aryl methyl sites for hydroxylation is 2. The van der Waals surface area contributed by atoms with Gasteiger partial charge < -0.3 is 48.3 Å². The molecule has 0 amide bonds. The molecule has 12 nitrogen and oxygen atoms in total. The molecule has 3 rings (SSSR count). The minimum absolute atomic E-state index is 0.288. The van der Waals surface area contributed by atoms with Crippen LogP contribution in [0.2, 0.25) is 0 Å². The van der Waals surface area contributed by atoms with Crippen molar-refractivity contribution in [2.24, 2.45) is 0 Å². The summed E-state index contributed by atoms with van der Waals surface area (Å²) in [6.45, 7) is 20.0. The third-order valence-corrected chi connectivity index (χ3v) is 10.8. The Hall–Kier alpha value is -2.10. The van der Waals surface area contributed by atoms with Crippen LogP contribution in [-0.4, -0.2) is 214 Å². The highest BCUT2D eigenvalue weighted by Gasteiger charge is 2.44. The molecule has 0 saturated carbocycles. The number of hydrogen-bond acceptors (Lipinski definition) is 12. The monoisotopic (exact) mass is 799 g/mol. The van der Waals surface area contributed by atoms with Gasteiger partial charge in [-0.05, 0) is 183 Å². The molecule has 0 radical (unpaired) electrons. The maximum atomic E-state index is 6.30. The van der Waals surface area contributed by atoms with Gasteiger partial charge in [0.05, 0.1) is 51.0 Å². The highest BCUT2D eigenvalue weighted by Crippen LogP contribution is 2.51. The summed E-state index contributed by atoms with van der Waals surface area (Å²) in [5, 5.41) is 0. The van der Waals surface area contributed by atoms with Gasteiger partial charge in [-0.1, -0.05) is 12.1 Å². The SMILES string of the molecule is Cc1cnc2c(c1)C(CCOCCOCCN(CCCN(C)C)CCCN(C)C)(CCOCCOCCN(CCCN(C)C)CCCN(C)C)c1cc(C)cnc1-2. The van der Waals surface area contributed by atoms with Crippen molar-refractivity contribution in [1.29, 1.82) is 0 Å². The molecule has 326 valence electrons. The summed E-state index contributed by atoms with van der Waals surface area (Å²) in [6.07, 6.45) is 10.2. The van der Waals surface area contributed by atoms with Crippen molar-refractivity contribution in [3.05, 3.63) is 46.8 Å². The van der Waals surface area contributed by atoms with E-state index in [1.807, 2.05) is 12.4 Å². The van der Waals surface area contributed by atoms with Gasteiger partial charge in [-0.3, -0.25) is 9.97 Å². The second kappa shape index (κ2) is 27.6. The molecule has 0 unspecified atom stereocenters. The largest absolute Gasteiger partial charge is 0.379 e. The van der Waals surface area contributed by atoms with Crippen molar-refractivity contribution < 1.29 is 18.9 Å². The summed E-state index contributed by atoms with van der Waals surface area (Å²) < 4.78 is 24.8. The van der Waals surface area contributed by atoms with E-state index in [-0.39, 0.29) is 5.41 Å². The summed E-state index contributed by atoms with van der Waals surface area (Å²) in [5.41, 5.74) is 6.48. The molecule has 0 saturated heterocycles. The molecule has 0 atom stereocenters. The van der Waals surface area contributed by atoms with Crippen LogP contribution in [0.15, 0.2) is 24.5 Å². The molecule has 0 aliphatic heterocycles. The highest BCUT2D eigenvalue weighted by molar-refractivity contribution is 5.75. The van der Waals surface area contributed by atoms with Crippen LogP contribution < -0.4 is 0 Å². The summed E-state index contributed by atoms with van der Waals surface area (Å²) >= 11 is 0. The second-order valence-electron chi connectivity index (χ2n) is 17.2. The minimum Gasteiger partial charge on any atom is -0.379 e. The topological polar surface area (TPSA) is 82.1 Å². The standard InChI is InChI=1S/C45H82N8O4/c1-39-35-41-43(46-37-39)44-42(36-40(2)38-47-44)45(41,15-27-54-31-33-56-29-25-52(21-11-17-48(3)4)22-12-18-49(5)6)16-28-55-32-34-57-30-26-53(23-13-19-50(7)8)24-14-20-51(9)10/h35-38H,11-34H2,1-10H3. The van der Waals surface area contributed by atoms with Gasteiger partial charge in [0, 0.05) is 44.1 Å². The van der Waals surface area contributed by atoms with Crippen LogP contribution in [-0.2, 0) is 24.4 Å². The molecule has 0 fully saturated rings. The van der Waals surface area contributed by atoms with E-state index in [9.17, 15) is 0 Å². The maximum absolute atomic E-state index is 6.30. The van der Waals surface area contributed by atoms with Crippen LogP contribution in [0.3, 0.4) is 0 Å². The molecule has 57 heavy (non-hydrogen) atoms. The van der Waals surface area contributed by atoms with Crippen molar-refractivity contribution in [3.8, 4) is 11.4 Å². The van der Waals surface area contributed by atoms with Crippen LogP contribution in [0.4, 0.5) is 0 Å². The molecule has 0 N–H and O–H groups in total. The van der Waals surface area contributed by atoms with Gasteiger partial charge in [-0.25, -0.2) is 0 Å². The first-order valence-corrected chi connectivity index (χ1v) is 21.7. The summed E-state index contributed by atoms with van der Waals surface area (Å²) in [5.74, 6) is 0. The normalized spacial score (nSPS) is 13.7. The predicted molar refractivity (Wildman–Crippen MR) is 236 cm³/mol. The minimum atomic E-state index is -0.288. The Kier molecular flexibility index (Phi) is 23.9. The fourth-order valence-corrected chi connectivity index (χ4v) is 7.69. The molecule has 2 aromatic rings. The van der Waals surface area contributed by atoms with Crippen LogP contribution in [0.5, 0.6) is 0 Å². The number of rotatable bonds is 34. The van der Waals surface area contributed by atoms with Gasteiger partial charge >= 0.3 is 0 Å². The first kappa shape index (κ1) is 49.3. The van der Waals surface area contributed by atoms with Crippen molar-refractivity contribution in [2.45, 2.75) is 57.8 Å². The molecule has 2 heterocycles. The summed E-state index contributed by atoms with van der Waals surface area (Å²) in [6, 6.07) is 4.61. The smallest absolute Gasteiger partial charge is 0.0930 e. The Balaban J connectivity index is 1.51. The summed E-state index contributed by atoms with van der Waals surface area (Å²) in [4.78, 5) is 24.0. The highest BCUT2D eigenvalue weighted by atomic mass is 16.5. The lowest BCUT2D eigenvalue weighted by molar-refractivity contribution is 0.0246. The molecule has 0 bridgehead atoms. The van der Waals surface area contributed by atoms with Gasteiger partial charge in [0.15, 0.2) is 0 Å². The number of nitrogens with zero attached hydrogens (tertiary/aromatic N) is 8. The van der Waals surface area contributed by atoms with E-state index in [4.69, 9.17) is 28.9 Å². The van der Waals surface area contributed by atoms with Gasteiger partial charge in [0.1, 0.15) is 0 Å². The van der Waals surface area contributed by atoms with Crippen molar-refractivity contribution in [1.82, 2.24) is 39.4 Å². The van der Waals surface area contributed by atoms with Crippen LogP contribution >= 0.6 is 0 Å². The van der Waals surface area contributed by atoms with E-state index in [2.05, 4.69) is 112 Å². The zero-order valence-corrected chi connectivity index (χ0v) is 38.0. The van der Waals surface area contributed by atoms with Crippen LogP contribution in [0.25, 0.3) is 11.4 Å². The maximum Gasteiger partial charge on any atom is 0.0930 e. The second-order valence-corrected chi connectivity index (χ2v) is 17.2. The van der Waals surface area contributed by atoms with E-state index in [0.29, 0.717) is 39.6 Å². The first-order valence-electron chi connectivity index (χ1n) is 21.7. The molecule has 1 aliphatic rings. The fourth-order valence-electron chi connectivity index (χ4n) is 7.69. The number of hydrogen-bond donors (Lipinski definition) is 0. The summed E-state index contributed by atoms with van der Waals surface area (Å²) in [7, 11) is 17.1. The van der Waals surface area contributed by atoms with Crippen LogP contribution in [0, 0.1) is 13.8 Å². The van der Waals surface area contributed by atoms with Crippen LogP contribution in [0.1, 0.15) is 60.8 Å². The lowest BCUT2D eigenvalue weighted by Crippen LogP contribution is -2.33. The van der Waals surface area contributed by atoms with Crippen molar-refractivity contribution >= 4 is 0 Å². The van der Waals surface area contributed by atoms with Gasteiger partial charge in [-0.15, -0.1) is 0 Å². The van der Waals surface area contributed by atoms with Crippen molar-refractivity contribution in [2.75, 3.05) is 175 Å². The third kappa shape index (κ3) is 18.8. The first-order chi connectivity index (χ1) is 27.4. The lowest BCUT2D eigenvalue weighted by Gasteiger charge is -2.32. The third-order valence-electron chi connectivity index (χ3n) is 10.8. The molecule has 0 aromatic carbocycles. The number of ether oxygens (including phenoxy) is 4. The molecular weight excluding hydrogens is 717 g/mol. The molecular formula is C45H82N8O4. The van der Waals surface area contributed by atoms with Crippen molar-refractivity contribution in [3.63, 3.8) is 0 Å². The Morgan fingerprint density at radius 3 is 1.05 bits per heavy atom. The van der Waals surface area contributed by atoms with Gasteiger partial charge in [0.2, 0.25) is 0 Å². The Morgan fingerprint density at radius 1 is 0.421 bits per heavy atom. The molecule has 12 heteroatoms. The Morgan fingerprint density at radius 2 is 0.737 bits per heavy atom. The Bertz CT molecular complexity index is 1230. The number of aromatic nitrogens is 2. The number of pyridine rings is 2. The molecule has 2 aromatic heterocycles.